The molecule has 1 aliphatic heterocycles. The highest BCUT2D eigenvalue weighted by molar-refractivity contribution is 7.90. The standard InChI is InChI=1S/C23H19Cl2FN4O3S/c1-33-28-23(29-34(31,32)20-11-9-18(25)10-12-20)30-14-21(16-3-2-4-19(26)13-16)22(27-30)15-5-7-17(24)8-6-15/h2-13,21H,14H2,1H3,(H,28,29)/t21-/m1/s1. The van der Waals surface area contributed by atoms with Gasteiger partial charge in [0.2, 0.25) is 0 Å². The molecule has 0 radical (unpaired) electrons. The van der Waals surface area contributed by atoms with Crippen LogP contribution in [-0.2, 0) is 14.9 Å². The molecule has 7 nitrogen and oxygen atoms in total. The van der Waals surface area contributed by atoms with Crippen LogP contribution < -0.4 is 5.48 Å². The first-order valence-electron chi connectivity index (χ1n) is 10.0. The van der Waals surface area contributed by atoms with Crippen molar-refractivity contribution in [1.29, 1.82) is 0 Å². The number of rotatable bonds is 5. The van der Waals surface area contributed by atoms with E-state index in [2.05, 4.69) is 15.0 Å². The fraction of sp³-hybridized carbons (Fsp3) is 0.130. The Morgan fingerprint density at radius 2 is 1.74 bits per heavy atom. The summed E-state index contributed by atoms with van der Waals surface area (Å²) in [6.45, 7) is 0.187. The summed E-state index contributed by atoms with van der Waals surface area (Å²) in [6, 6.07) is 18.8. The van der Waals surface area contributed by atoms with Crippen LogP contribution in [0.3, 0.4) is 0 Å². The summed E-state index contributed by atoms with van der Waals surface area (Å²) in [5, 5.41) is 6.93. The summed E-state index contributed by atoms with van der Waals surface area (Å²) in [6.07, 6.45) is 0. The number of hydroxylamine groups is 1. The first kappa shape index (κ1) is 24.2. The second kappa shape index (κ2) is 10.1. The van der Waals surface area contributed by atoms with E-state index < -0.39 is 10.0 Å². The molecule has 0 aromatic heterocycles. The maximum atomic E-state index is 14.0. The molecule has 3 aromatic carbocycles. The molecular formula is C23H19Cl2FN4O3S. The molecule has 0 amide bonds. The van der Waals surface area contributed by atoms with E-state index in [4.69, 9.17) is 28.0 Å². The van der Waals surface area contributed by atoms with Crippen LogP contribution in [0, 0.1) is 5.82 Å². The number of halogens is 3. The highest BCUT2D eigenvalue weighted by Crippen LogP contribution is 2.30. The molecule has 1 N–H and O–H groups in total. The maximum absolute atomic E-state index is 14.0. The Hall–Kier alpha value is -2.98. The predicted molar refractivity (Wildman–Crippen MR) is 130 cm³/mol. The number of nitrogens with zero attached hydrogens (tertiary/aromatic N) is 3. The van der Waals surface area contributed by atoms with Gasteiger partial charge in [-0.25, -0.2) is 14.9 Å². The molecule has 1 atom stereocenters. The van der Waals surface area contributed by atoms with Crippen LogP contribution in [0.2, 0.25) is 10.0 Å². The van der Waals surface area contributed by atoms with Crippen molar-refractivity contribution in [1.82, 2.24) is 10.5 Å². The zero-order valence-corrected chi connectivity index (χ0v) is 20.1. The molecule has 0 saturated carbocycles. The molecule has 176 valence electrons. The minimum Gasteiger partial charge on any atom is -0.277 e. The lowest BCUT2D eigenvalue weighted by Crippen LogP contribution is -2.38. The SMILES string of the molecule is CON/C(=N\S(=O)(=O)c1ccc(Cl)cc1)N1C[C@H](c2cccc(F)c2)C(c2ccc(Cl)cc2)=N1. The van der Waals surface area contributed by atoms with Gasteiger partial charge in [0.25, 0.3) is 16.0 Å². The van der Waals surface area contributed by atoms with Crippen molar-refractivity contribution in [2.45, 2.75) is 10.8 Å². The van der Waals surface area contributed by atoms with E-state index in [9.17, 15) is 12.8 Å². The van der Waals surface area contributed by atoms with Gasteiger partial charge < -0.3 is 0 Å². The molecule has 1 aliphatic rings. The van der Waals surface area contributed by atoms with Crippen LogP contribution in [0.1, 0.15) is 17.0 Å². The summed E-state index contributed by atoms with van der Waals surface area (Å²) in [7, 11) is -2.79. The monoisotopic (exact) mass is 520 g/mol. The van der Waals surface area contributed by atoms with E-state index in [1.807, 2.05) is 0 Å². The fourth-order valence-electron chi connectivity index (χ4n) is 3.48. The van der Waals surface area contributed by atoms with Gasteiger partial charge in [-0.05, 0) is 59.7 Å². The highest BCUT2D eigenvalue weighted by Gasteiger charge is 2.33. The second-order valence-corrected chi connectivity index (χ2v) is 9.81. The smallest absolute Gasteiger partial charge is 0.277 e. The molecule has 1 heterocycles. The van der Waals surface area contributed by atoms with Crippen LogP contribution in [0.15, 0.2) is 87.2 Å². The van der Waals surface area contributed by atoms with Crippen LogP contribution >= 0.6 is 23.2 Å². The normalized spacial score (nSPS) is 16.5. The van der Waals surface area contributed by atoms with Gasteiger partial charge in [0.05, 0.1) is 24.3 Å². The van der Waals surface area contributed by atoms with Crippen molar-refractivity contribution in [3.8, 4) is 0 Å². The molecule has 0 aliphatic carbocycles. The zero-order chi connectivity index (χ0) is 24.3. The quantitative estimate of drug-likeness (QED) is 0.296. The summed E-state index contributed by atoms with van der Waals surface area (Å²) < 4.78 is 43.7. The molecule has 0 bridgehead atoms. The van der Waals surface area contributed by atoms with Gasteiger partial charge in [-0.2, -0.15) is 13.5 Å². The second-order valence-electron chi connectivity index (χ2n) is 7.33. The van der Waals surface area contributed by atoms with Gasteiger partial charge in [0.15, 0.2) is 0 Å². The number of guanidine groups is 1. The fourth-order valence-corrected chi connectivity index (χ4v) is 4.68. The van der Waals surface area contributed by atoms with E-state index in [1.54, 1.807) is 36.4 Å². The molecule has 34 heavy (non-hydrogen) atoms. The predicted octanol–water partition coefficient (Wildman–Crippen LogP) is 4.83. The number of hydrazone groups is 1. The molecule has 0 spiro atoms. The average molecular weight is 521 g/mol. The molecule has 3 aromatic rings. The molecule has 0 saturated heterocycles. The summed E-state index contributed by atoms with van der Waals surface area (Å²) in [4.78, 5) is 4.93. The lowest BCUT2D eigenvalue weighted by Gasteiger charge is -2.18. The molecule has 0 fully saturated rings. The Labute approximate surface area is 206 Å². The first-order chi connectivity index (χ1) is 16.3. The molecular weight excluding hydrogens is 502 g/mol. The van der Waals surface area contributed by atoms with Gasteiger partial charge in [-0.15, -0.1) is 4.40 Å². The van der Waals surface area contributed by atoms with Crippen molar-refractivity contribution in [2.24, 2.45) is 9.50 Å². The van der Waals surface area contributed by atoms with Crippen molar-refractivity contribution in [3.05, 3.63) is 99.8 Å². The van der Waals surface area contributed by atoms with Crippen LogP contribution in [-0.4, -0.2) is 38.8 Å². The van der Waals surface area contributed by atoms with Crippen molar-refractivity contribution < 1.29 is 17.6 Å². The van der Waals surface area contributed by atoms with Gasteiger partial charge in [-0.3, -0.25) is 4.84 Å². The van der Waals surface area contributed by atoms with E-state index in [1.165, 1.54) is 48.5 Å². The first-order valence-corrected chi connectivity index (χ1v) is 12.2. The topological polar surface area (TPSA) is 83.4 Å². The average Bonchev–Trinajstić information content (AvgIpc) is 3.25. The van der Waals surface area contributed by atoms with Crippen molar-refractivity contribution in [2.75, 3.05) is 13.7 Å². The third-order valence-electron chi connectivity index (χ3n) is 5.06. The summed E-state index contributed by atoms with van der Waals surface area (Å²) in [5.41, 5.74) is 4.51. The van der Waals surface area contributed by atoms with Crippen molar-refractivity contribution >= 4 is 44.9 Å². The lowest BCUT2D eigenvalue weighted by molar-refractivity contribution is 0.132. The Morgan fingerprint density at radius 3 is 2.35 bits per heavy atom. The van der Waals surface area contributed by atoms with Crippen LogP contribution in [0.5, 0.6) is 0 Å². The number of benzene rings is 3. The van der Waals surface area contributed by atoms with Gasteiger partial charge in [-0.1, -0.05) is 47.5 Å². The van der Waals surface area contributed by atoms with Crippen LogP contribution in [0.25, 0.3) is 0 Å². The minimum absolute atomic E-state index is 0.0462. The largest absolute Gasteiger partial charge is 0.285 e. The Kier molecular flexibility index (Phi) is 7.18. The van der Waals surface area contributed by atoms with Crippen LogP contribution in [0.4, 0.5) is 4.39 Å². The number of hydrogen-bond donors (Lipinski definition) is 1. The van der Waals surface area contributed by atoms with E-state index in [0.29, 0.717) is 21.3 Å². The van der Waals surface area contributed by atoms with Gasteiger partial charge in [0, 0.05) is 16.0 Å². The van der Waals surface area contributed by atoms with Gasteiger partial charge >= 0.3 is 0 Å². The minimum atomic E-state index is -4.11. The highest BCUT2D eigenvalue weighted by atomic mass is 35.5. The molecule has 11 heteroatoms. The number of nitrogens with one attached hydrogen (secondary N) is 1. The Balaban J connectivity index is 1.76. The van der Waals surface area contributed by atoms with Crippen molar-refractivity contribution in [3.63, 3.8) is 0 Å². The Morgan fingerprint density at radius 1 is 1.09 bits per heavy atom. The van der Waals surface area contributed by atoms with E-state index in [-0.39, 0.29) is 29.1 Å². The lowest BCUT2D eigenvalue weighted by atomic mass is 9.90. The number of hydrogen-bond acceptors (Lipinski definition) is 4. The third-order valence-corrected chi connectivity index (χ3v) is 6.85. The summed E-state index contributed by atoms with van der Waals surface area (Å²) in [5.74, 6) is -0.914. The third kappa shape index (κ3) is 5.39. The van der Waals surface area contributed by atoms with E-state index >= 15 is 0 Å². The molecule has 0 unspecified atom stereocenters. The van der Waals surface area contributed by atoms with E-state index in [0.717, 1.165) is 5.56 Å². The zero-order valence-electron chi connectivity index (χ0n) is 17.8. The van der Waals surface area contributed by atoms with Gasteiger partial charge in [0.1, 0.15) is 5.82 Å². The maximum Gasteiger partial charge on any atom is 0.285 e. The summed E-state index contributed by atoms with van der Waals surface area (Å²) >= 11 is 11.9. The number of sulfonamides is 1. The molecule has 4 rings (SSSR count). The Bertz CT molecular complexity index is 1350.